The van der Waals surface area contributed by atoms with E-state index in [9.17, 15) is 9.59 Å². The minimum Gasteiger partial charge on any atom is -0.481 e. The van der Waals surface area contributed by atoms with Gasteiger partial charge in [0.2, 0.25) is 5.91 Å². The van der Waals surface area contributed by atoms with Crippen LogP contribution in [0.15, 0.2) is 0 Å². The quantitative estimate of drug-likeness (QED) is 0.671. The number of hydrogen-bond acceptors (Lipinski definition) is 4. The SMILES string of the molecule is CCCNC(=O)CN1CCC(OCCC(=O)O)CC1. The predicted octanol–water partition coefficient (Wildman–Crippen LogP) is 0.468. The number of likely N-dealkylation sites (tertiary alicyclic amines) is 1. The van der Waals surface area contributed by atoms with Gasteiger partial charge in [-0.1, -0.05) is 6.92 Å². The number of carbonyl (C=O) groups excluding carboxylic acids is 1. The number of aliphatic carboxylic acids is 1. The molecule has 0 bridgehead atoms. The summed E-state index contributed by atoms with van der Waals surface area (Å²) in [7, 11) is 0. The zero-order valence-electron chi connectivity index (χ0n) is 11.6. The van der Waals surface area contributed by atoms with Gasteiger partial charge in [-0.25, -0.2) is 0 Å². The number of nitrogens with zero attached hydrogens (tertiary/aromatic N) is 1. The van der Waals surface area contributed by atoms with Crippen molar-refractivity contribution in [2.45, 2.75) is 38.7 Å². The Kier molecular flexibility index (Phi) is 7.43. The molecule has 0 aromatic carbocycles. The van der Waals surface area contributed by atoms with Crippen molar-refractivity contribution in [1.29, 1.82) is 0 Å². The molecule has 1 aliphatic rings. The number of rotatable bonds is 8. The van der Waals surface area contributed by atoms with E-state index in [0.29, 0.717) is 6.54 Å². The molecule has 1 amide bonds. The summed E-state index contributed by atoms with van der Waals surface area (Å²) in [5.41, 5.74) is 0. The molecule has 1 aliphatic heterocycles. The summed E-state index contributed by atoms with van der Waals surface area (Å²) in [6.45, 7) is 5.14. The van der Waals surface area contributed by atoms with Gasteiger partial charge >= 0.3 is 5.97 Å². The summed E-state index contributed by atoms with van der Waals surface area (Å²) >= 11 is 0. The number of piperidine rings is 1. The summed E-state index contributed by atoms with van der Waals surface area (Å²) in [5, 5.41) is 11.4. The molecule has 0 radical (unpaired) electrons. The highest BCUT2D eigenvalue weighted by atomic mass is 16.5. The van der Waals surface area contributed by atoms with E-state index >= 15 is 0 Å². The Bertz CT molecular complexity index is 288. The molecule has 0 aromatic rings. The highest BCUT2D eigenvalue weighted by molar-refractivity contribution is 5.77. The van der Waals surface area contributed by atoms with Gasteiger partial charge in [-0.05, 0) is 19.3 Å². The molecule has 1 saturated heterocycles. The fourth-order valence-electron chi connectivity index (χ4n) is 2.07. The van der Waals surface area contributed by atoms with E-state index in [1.807, 2.05) is 6.92 Å². The van der Waals surface area contributed by atoms with Gasteiger partial charge in [0.1, 0.15) is 0 Å². The van der Waals surface area contributed by atoms with Crippen LogP contribution in [-0.4, -0.2) is 60.8 Å². The Labute approximate surface area is 114 Å². The van der Waals surface area contributed by atoms with Gasteiger partial charge in [0, 0.05) is 19.6 Å². The molecule has 6 nitrogen and oxygen atoms in total. The van der Waals surface area contributed by atoms with Crippen LogP contribution < -0.4 is 5.32 Å². The Morgan fingerprint density at radius 1 is 1.37 bits per heavy atom. The molecular formula is C13H24N2O4. The minimum atomic E-state index is -0.829. The number of carbonyl (C=O) groups is 2. The van der Waals surface area contributed by atoms with Crippen molar-refractivity contribution in [2.75, 3.05) is 32.8 Å². The molecule has 110 valence electrons. The summed E-state index contributed by atoms with van der Waals surface area (Å²) < 4.78 is 5.50. The Hall–Kier alpha value is -1.14. The maximum atomic E-state index is 11.5. The van der Waals surface area contributed by atoms with E-state index < -0.39 is 5.97 Å². The van der Waals surface area contributed by atoms with Gasteiger partial charge in [0.25, 0.3) is 0 Å². The zero-order chi connectivity index (χ0) is 14.1. The first-order chi connectivity index (χ1) is 9.11. The third-order valence-corrected chi connectivity index (χ3v) is 3.14. The normalized spacial score (nSPS) is 17.3. The molecular weight excluding hydrogens is 248 g/mol. The molecule has 0 aromatic heterocycles. The second-order valence-corrected chi connectivity index (χ2v) is 4.84. The average molecular weight is 272 g/mol. The second kappa shape index (κ2) is 8.87. The number of hydrogen-bond donors (Lipinski definition) is 2. The van der Waals surface area contributed by atoms with E-state index in [1.54, 1.807) is 0 Å². The highest BCUT2D eigenvalue weighted by Gasteiger charge is 2.21. The molecule has 1 rings (SSSR count). The van der Waals surface area contributed by atoms with E-state index in [0.717, 1.165) is 38.9 Å². The first-order valence-electron chi connectivity index (χ1n) is 6.94. The van der Waals surface area contributed by atoms with Crippen molar-refractivity contribution >= 4 is 11.9 Å². The topological polar surface area (TPSA) is 78.9 Å². The van der Waals surface area contributed by atoms with Gasteiger partial charge in [-0.2, -0.15) is 0 Å². The lowest BCUT2D eigenvalue weighted by molar-refractivity contribution is -0.139. The third kappa shape index (κ3) is 7.12. The maximum Gasteiger partial charge on any atom is 0.305 e. The van der Waals surface area contributed by atoms with Crippen molar-refractivity contribution in [3.05, 3.63) is 0 Å². The summed E-state index contributed by atoms with van der Waals surface area (Å²) in [4.78, 5) is 24.0. The zero-order valence-corrected chi connectivity index (χ0v) is 11.6. The van der Waals surface area contributed by atoms with Crippen molar-refractivity contribution < 1.29 is 19.4 Å². The first kappa shape index (κ1) is 15.9. The van der Waals surface area contributed by atoms with Crippen LogP contribution in [0, 0.1) is 0 Å². The smallest absolute Gasteiger partial charge is 0.305 e. The number of carboxylic acid groups (broad SMARTS) is 1. The Balaban J connectivity index is 2.11. The summed E-state index contributed by atoms with van der Waals surface area (Å²) in [5.74, 6) is -0.753. The highest BCUT2D eigenvalue weighted by Crippen LogP contribution is 2.13. The van der Waals surface area contributed by atoms with Crippen molar-refractivity contribution in [3.63, 3.8) is 0 Å². The van der Waals surface area contributed by atoms with E-state index in [2.05, 4.69) is 10.2 Å². The Morgan fingerprint density at radius 3 is 2.63 bits per heavy atom. The summed E-state index contributed by atoms with van der Waals surface area (Å²) in [6.07, 6.45) is 2.86. The van der Waals surface area contributed by atoms with Crippen LogP contribution in [0.1, 0.15) is 32.6 Å². The van der Waals surface area contributed by atoms with Crippen LogP contribution in [0.2, 0.25) is 0 Å². The van der Waals surface area contributed by atoms with Gasteiger partial charge < -0.3 is 15.2 Å². The van der Waals surface area contributed by atoms with Gasteiger partial charge in [-0.15, -0.1) is 0 Å². The fourth-order valence-corrected chi connectivity index (χ4v) is 2.07. The largest absolute Gasteiger partial charge is 0.481 e. The first-order valence-corrected chi connectivity index (χ1v) is 6.94. The summed E-state index contributed by atoms with van der Waals surface area (Å²) in [6, 6.07) is 0. The molecule has 0 unspecified atom stereocenters. The van der Waals surface area contributed by atoms with Crippen LogP contribution >= 0.6 is 0 Å². The minimum absolute atomic E-state index is 0.0552. The van der Waals surface area contributed by atoms with Crippen LogP contribution in [-0.2, 0) is 14.3 Å². The fraction of sp³-hybridized carbons (Fsp3) is 0.846. The molecule has 0 spiro atoms. The van der Waals surface area contributed by atoms with Crippen LogP contribution in [0.25, 0.3) is 0 Å². The van der Waals surface area contributed by atoms with E-state index in [1.165, 1.54) is 0 Å². The maximum absolute atomic E-state index is 11.5. The van der Waals surface area contributed by atoms with E-state index in [-0.39, 0.29) is 25.0 Å². The number of amides is 1. The molecule has 1 fully saturated rings. The van der Waals surface area contributed by atoms with Crippen LogP contribution in [0.5, 0.6) is 0 Å². The number of nitrogens with one attached hydrogen (secondary N) is 1. The molecule has 1 heterocycles. The standard InChI is InChI=1S/C13H24N2O4/c1-2-6-14-12(16)10-15-7-3-11(4-8-15)19-9-5-13(17)18/h11H,2-10H2,1H3,(H,14,16)(H,17,18). The second-order valence-electron chi connectivity index (χ2n) is 4.84. The predicted molar refractivity (Wildman–Crippen MR) is 71.0 cm³/mol. The lowest BCUT2D eigenvalue weighted by Gasteiger charge is -2.31. The molecule has 0 atom stereocenters. The third-order valence-electron chi connectivity index (χ3n) is 3.14. The lowest BCUT2D eigenvalue weighted by atomic mass is 10.1. The van der Waals surface area contributed by atoms with E-state index in [4.69, 9.17) is 9.84 Å². The van der Waals surface area contributed by atoms with Gasteiger partial charge in [0.05, 0.1) is 25.7 Å². The molecule has 0 aliphatic carbocycles. The van der Waals surface area contributed by atoms with Crippen molar-refractivity contribution in [3.8, 4) is 0 Å². The van der Waals surface area contributed by atoms with Gasteiger partial charge in [-0.3, -0.25) is 14.5 Å². The molecule has 19 heavy (non-hydrogen) atoms. The van der Waals surface area contributed by atoms with Crippen LogP contribution in [0.3, 0.4) is 0 Å². The number of ether oxygens (including phenoxy) is 1. The monoisotopic (exact) mass is 272 g/mol. The number of carboxylic acids is 1. The van der Waals surface area contributed by atoms with Gasteiger partial charge in [0.15, 0.2) is 0 Å². The molecule has 6 heteroatoms. The Morgan fingerprint density at radius 2 is 2.05 bits per heavy atom. The average Bonchev–Trinajstić information content (AvgIpc) is 2.38. The molecule has 0 saturated carbocycles. The van der Waals surface area contributed by atoms with Crippen molar-refractivity contribution in [2.24, 2.45) is 0 Å². The lowest BCUT2D eigenvalue weighted by Crippen LogP contribution is -2.43. The van der Waals surface area contributed by atoms with Crippen LogP contribution in [0.4, 0.5) is 0 Å². The molecule has 2 N–H and O–H groups in total. The van der Waals surface area contributed by atoms with Crippen molar-refractivity contribution in [1.82, 2.24) is 10.2 Å².